The molecule has 0 aromatic heterocycles. The third-order valence-corrected chi connectivity index (χ3v) is 8.90. The highest BCUT2D eigenvalue weighted by molar-refractivity contribution is 5.88. The van der Waals surface area contributed by atoms with Crippen LogP contribution in [0.15, 0.2) is 11.6 Å². The van der Waals surface area contributed by atoms with Gasteiger partial charge in [0.1, 0.15) is 23.1 Å². The number of hydrogen-bond donors (Lipinski definition) is 1. The van der Waals surface area contributed by atoms with Crippen molar-refractivity contribution in [3.8, 4) is 0 Å². The molecule has 0 bridgehead atoms. The van der Waals surface area contributed by atoms with Crippen molar-refractivity contribution in [2.45, 2.75) is 110 Å². The van der Waals surface area contributed by atoms with Gasteiger partial charge in [-0.25, -0.2) is 4.79 Å². The molecule has 0 amide bonds. The Hall–Kier alpha value is -1.24. The Morgan fingerprint density at radius 1 is 1.16 bits per heavy atom. The molecule has 0 aromatic rings. The quantitative estimate of drug-likeness (QED) is 0.412. The lowest BCUT2D eigenvalue weighted by atomic mass is 9.43. The van der Waals surface area contributed by atoms with Crippen LogP contribution in [-0.4, -0.2) is 52.5 Å². The third-order valence-electron chi connectivity index (χ3n) is 8.90. The molecule has 6 nitrogen and oxygen atoms in total. The second kappa shape index (κ2) is 6.88. The summed E-state index contributed by atoms with van der Waals surface area (Å²) in [7, 11) is 0. The molecular formula is C25H38O6. The van der Waals surface area contributed by atoms with E-state index in [1.807, 2.05) is 34.6 Å². The standard InChI is InChI=1S/C25H38O6/c1-15(2)14-17(27)29-13-12-22(5)10-11-25(31-22)23(6)16(26)8-9-21(3,4)19(23)18(28)20-24(25,7)30-20/h14,18-20,28H,8-13H2,1-7H3/t18-,19+,20-,22-,23+,24-,25+/m0/s1. The van der Waals surface area contributed by atoms with Crippen LogP contribution >= 0.6 is 0 Å². The van der Waals surface area contributed by atoms with Crippen LogP contribution in [0.3, 0.4) is 0 Å². The van der Waals surface area contributed by atoms with Gasteiger partial charge in [0.15, 0.2) is 0 Å². The van der Waals surface area contributed by atoms with Crippen LogP contribution < -0.4 is 0 Å². The Balaban J connectivity index is 1.62. The molecule has 4 rings (SSSR count). The summed E-state index contributed by atoms with van der Waals surface area (Å²) in [5, 5.41) is 11.3. The normalized spacial score (nSPS) is 47.5. The lowest BCUT2D eigenvalue weighted by molar-refractivity contribution is -0.244. The molecule has 174 valence electrons. The largest absolute Gasteiger partial charge is 0.462 e. The van der Waals surface area contributed by atoms with E-state index in [0.717, 1.165) is 18.4 Å². The van der Waals surface area contributed by atoms with Crippen LogP contribution in [0.25, 0.3) is 0 Å². The fraction of sp³-hybridized carbons (Fsp3) is 0.840. The molecule has 2 heterocycles. The summed E-state index contributed by atoms with van der Waals surface area (Å²) in [5.74, 6) is -0.393. The molecule has 2 saturated carbocycles. The minimum absolute atomic E-state index is 0.172. The van der Waals surface area contributed by atoms with Gasteiger partial charge in [-0.1, -0.05) is 19.4 Å². The van der Waals surface area contributed by atoms with Gasteiger partial charge in [0.2, 0.25) is 0 Å². The number of ketones is 1. The van der Waals surface area contributed by atoms with Crippen LogP contribution in [0.5, 0.6) is 0 Å². The Morgan fingerprint density at radius 2 is 1.84 bits per heavy atom. The predicted octanol–water partition coefficient (Wildman–Crippen LogP) is 3.74. The van der Waals surface area contributed by atoms with E-state index < -0.39 is 28.3 Å². The summed E-state index contributed by atoms with van der Waals surface area (Å²) >= 11 is 0. The lowest BCUT2D eigenvalue weighted by Crippen LogP contribution is -2.73. The van der Waals surface area contributed by atoms with Gasteiger partial charge in [-0.2, -0.15) is 0 Å². The van der Waals surface area contributed by atoms with Gasteiger partial charge >= 0.3 is 5.97 Å². The fourth-order valence-corrected chi connectivity index (χ4v) is 7.23. The first-order valence-electron chi connectivity index (χ1n) is 11.6. The summed E-state index contributed by atoms with van der Waals surface area (Å²) in [6, 6.07) is 0. The third kappa shape index (κ3) is 3.08. The molecule has 7 atom stereocenters. The number of hydrogen-bond acceptors (Lipinski definition) is 6. The maximum absolute atomic E-state index is 13.5. The highest BCUT2D eigenvalue weighted by Gasteiger charge is 2.85. The number of ether oxygens (including phenoxy) is 3. The smallest absolute Gasteiger partial charge is 0.330 e. The van der Waals surface area contributed by atoms with E-state index in [1.54, 1.807) is 0 Å². The lowest BCUT2D eigenvalue weighted by Gasteiger charge is -2.62. The highest BCUT2D eigenvalue weighted by Crippen LogP contribution is 2.73. The average molecular weight is 435 g/mol. The second-order valence-corrected chi connectivity index (χ2v) is 11.7. The van der Waals surface area contributed by atoms with Crippen molar-refractivity contribution in [3.05, 3.63) is 11.6 Å². The number of allylic oxidation sites excluding steroid dienone is 1. The predicted molar refractivity (Wildman–Crippen MR) is 115 cm³/mol. The molecule has 0 aromatic carbocycles. The average Bonchev–Trinajstić information content (AvgIpc) is 3.22. The summed E-state index contributed by atoms with van der Waals surface area (Å²) in [5.41, 5.74) is -2.12. The van der Waals surface area contributed by atoms with E-state index in [-0.39, 0.29) is 35.8 Å². The van der Waals surface area contributed by atoms with E-state index in [9.17, 15) is 14.7 Å². The number of esters is 1. The maximum Gasteiger partial charge on any atom is 0.330 e. The van der Waals surface area contributed by atoms with Crippen molar-refractivity contribution >= 4 is 11.8 Å². The summed E-state index contributed by atoms with van der Waals surface area (Å²) in [4.78, 5) is 25.4. The second-order valence-electron chi connectivity index (χ2n) is 11.7. The minimum Gasteiger partial charge on any atom is -0.462 e. The van der Waals surface area contributed by atoms with E-state index in [0.29, 0.717) is 19.3 Å². The Kier molecular flexibility index (Phi) is 5.09. The van der Waals surface area contributed by atoms with Gasteiger partial charge in [0.05, 0.1) is 23.7 Å². The van der Waals surface area contributed by atoms with E-state index in [4.69, 9.17) is 14.2 Å². The number of fused-ring (bicyclic) bond motifs is 4. The zero-order valence-electron chi connectivity index (χ0n) is 20.0. The van der Waals surface area contributed by atoms with Gasteiger partial charge < -0.3 is 19.3 Å². The monoisotopic (exact) mass is 434 g/mol. The van der Waals surface area contributed by atoms with Gasteiger partial charge in [-0.05, 0) is 59.3 Å². The van der Waals surface area contributed by atoms with E-state index in [2.05, 4.69) is 13.8 Å². The van der Waals surface area contributed by atoms with Crippen molar-refractivity contribution in [3.63, 3.8) is 0 Å². The van der Waals surface area contributed by atoms with Crippen molar-refractivity contribution in [2.75, 3.05) is 6.61 Å². The highest BCUT2D eigenvalue weighted by atomic mass is 16.7. The maximum atomic E-state index is 13.5. The van der Waals surface area contributed by atoms with Crippen molar-refractivity contribution in [1.82, 2.24) is 0 Å². The number of Topliss-reactive ketones (excluding diaryl/α,β-unsaturated/α-hetero) is 1. The first kappa shape index (κ1) is 22.9. The molecule has 0 radical (unpaired) electrons. The number of rotatable bonds is 4. The molecule has 1 N–H and O–H groups in total. The zero-order valence-corrected chi connectivity index (χ0v) is 20.0. The molecule has 4 aliphatic rings. The van der Waals surface area contributed by atoms with E-state index in [1.165, 1.54) is 6.08 Å². The van der Waals surface area contributed by atoms with Gasteiger partial charge in [0, 0.05) is 24.8 Å². The molecule has 2 aliphatic heterocycles. The van der Waals surface area contributed by atoms with Gasteiger partial charge in [-0.3, -0.25) is 4.79 Å². The summed E-state index contributed by atoms with van der Waals surface area (Å²) < 4.78 is 18.5. The first-order valence-corrected chi connectivity index (χ1v) is 11.6. The van der Waals surface area contributed by atoms with Gasteiger partial charge in [0.25, 0.3) is 0 Å². The van der Waals surface area contributed by atoms with Crippen LogP contribution in [0.1, 0.15) is 80.6 Å². The first-order chi connectivity index (χ1) is 14.2. The minimum atomic E-state index is -0.827. The Morgan fingerprint density at radius 3 is 2.48 bits per heavy atom. The molecule has 2 saturated heterocycles. The summed E-state index contributed by atoms with van der Waals surface area (Å²) in [6.45, 7) is 14.3. The van der Waals surface area contributed by atoms with Crippen LogP contribution in [0.4, 0.5) is 0 Å². The molecule has 0 unspecified atom stereocenters. The van der Waals surface area contributed by atoms with Crippen LogP contribution in [0, 0.1) is 16.7 Å². The van der Waals surface area contributed by atoms with Crippen molar-refractivity contribution in [1.29, 1.82) is 0 Å². The topological polar surface area (TPSA) is 85.4 Å². The zero-order chi connectivity index (χ0) is 23.0. The van der Waals surface area contributed by atoms with Crippen LogP contribution in [-0.2, 0) is 23.8 Å². The molecule has 6 heteroatoms. The van der Waals surface area contributed by atoms with Gasteiger partial charge in [-0.15, -0.1) is 0 Å². The molecular weight excluding hydrogens is 396 g/mol. The summed E-state index contributed by atoms with van der Waals surface area (Å²) in [6.07, 6.45) is 3.76. The number of aliphatic hydroxyl groups excluding tert-OH is 1. The molecule has 31 heavy (non-hydrogen) atoms. The Labute approximate surface area is 185 Å². The number of carbonyl (C=O) groups excluding carboxylic acids is 2. The van der Waals surface area contributed by atoms with Crippen LogP contribution in [0.2, 0.25) is 0 Å². The Bertz CT molecular complexity index is 828. The fourth-order valence-electron chi connectivity index (χ4n) is 7.23. The molecule has 1 spiro atoms. The molecule has 4 fully saturated rings. The van der Waals surface area contributed by atoms with E-state index >= 15 is 0 Å². The number of aliphatic hydroxyl groups is 1. The van der Waals surface area contributed by atoms with Crippen molar-refractivity contribution in [2.24, 2.45) is 16.7 Å². The molecule has 2 aliphatic carbocycles. The number of carbonyl (C=O) groups is 2. The number of epoxide rings is 1. The van der Waals surface area contributed by atoms with Crippen molar-refractivity contribution < 1.29 is 28.9 Å². The SMILES string of the molecule is CC(C)=CC(=O)OCC[C@]1(C)CC[C@]2(O1)[C@@]1(C)O[C@H]1[C@@H](O)[C@@H]1C(C)(C)CCC(=O)[C@]12C.